The maximum absolute atomic E-state index is 12.1. The molecule has 0 fully saturated rings. The molecule has 1 amide bonds. The Hall–Kier alpha value is -3.02. The van der Waals surface area contributed by atoms with E-state index in [1.807, 2.05) is 24.3 Å². The lowest BCUT2D eigenvalue weighted by Crippen LogP contribution is -2.28. The molecule has 0 radical (unpaired) electrons. The molecule has 1 heterocycles. The number of ether oxygens (including phenoxy) is 3. The molecule has 25 heavy (non-hydrogen) atoms. The van der Waals surface area contributed by atoms with Gasteiger partial charge in [-0.3, -0.25) is 4.79 Å². The highest BCUT2D eigenvalue weighted by atomic mass is 16.5. The van der Waals surface area contributed by atoms with Crippen LogP contribution in [0.1, 0.15) is 21.5 Å². The minimum atomic E-state index is -0.526. The molecule has 130 valence electrons. The smallest absolute Gasteiger partial charge is 0.338 e. The van der Waals surface area contributed by atoms with E-state index in [9.17, 15) is 9.59 Å². The highest BCUT2D eigenvalue weighted by molar-refractivity contribution is 5.91. The molecule has 1 N–H and O–H groups in total. The second-order valence-electron chi connectivity index (χ2n) is 5.59. The van der Waals surface area contributed by atoms with Crippen molar-refractivity contribution < 1.29 is 23.8 Å². The van der Waals surface area contributed by atoms with Crippen LogP contribution >= 0.6 is 0 Å². The second-order valence-corrected chi connectivity index (χ2v) is 5.59. The van der Waals surface area contributed by atoms with Crippen LogP contribution in [0.4, 0.5) is 0 Å². The first-order valence-electron chi connectivity index (χ1n) is 7.99. The zero-order valence-corrected chi connectivity index (χ0v) is 13.9. The van der Waals surface area contributed by atoms with Gasteiger partial charge in [-0.1, -0.05) is 18.2 Å². The van der Waals surface area contributed by atoms with Crippen LogP contribution < -0.4 is 14.8 Å². The molecule has 1 aliphatic heterocycles. The van der Waals surface area contributed by atoms with Crippen LogP contribution in [0.25, 0.3) is 0 Å². The fourth-order valence-corrected chi connectivity index (χ4v) is 2.62. The van der Waals surface area contributed by atoms with Gasteiger partial charge in [-0.15, -0.1) is 0 Å². The molecular weight excluding hydrogens is 322 g/mol. The number of hydrogen-bond acceptors (Lipinski definition) is 5. The molecule has 0 bridgehead atoms. The third-order valence-corrected chi connectivity index (χ3v) is 3.93. The molecule has 0 aliphatic carbocycles. The monoisotopic (exact) mass is 341 g/mol. The fraction of sp³-hybridized carbons (Fsp3) is 0.263. The van der Waals surface area contributed by atoms with Gasteiger partial charge in [-0.05, 0) is 29.8 Å². The lowest BCUT2D eigenvalue weighted by molar-refractivity contribution is -0.124. The number of carbonyl (C=O) groups is 2. The van der Waals surface area contributed by atoms with Crippen LogP contribution in [0.2, 0.25) is 0 Å². The van der Waals surface area contributed by atoms with Gasteiger partial charge >= 0.3 is 5.97 Å². The summed E-state index contributed by atoms with van der Waals surface area (Å²) >= 11 is 0. The van der Waals surface area contributed by atoms with Gasteiger partial charge in [0.1, 0.15) is 11.5 Å². The fourth-order valence-electron chi connectivity index (χ4n) is 2.62. The average Bonchev–Trinajstić information content (AvgIpc) is 3.12. The predicted molar refractivity (Wildman–Crippen MR) is 90.8 cm³/mol. The van der Waals surface area contributed by atoms with Crippen LogP contribution in [-0.2, 0) is 22.5 Å². The number of carbonyl (C=O) groups excluding carboxylic acids is 2. The minimum absolute atomic E-state index is 0.302. The molecule has 3 rings (SSSR count). The summed E-state index contributed by atoms with van der Waals surface area (Å²) in [5.74, 6) is 0.595. The number of nitrogens with one attached hydrogen (secondary N) is 1. The molecule has 0 saturated heterocycles. The first kappa shape index (κ1) is 16.8. The van der Waals surface area contributed by atoms with E-state index in [1.165, 1.54) is 0 Å². The van der Waals surface area contributed by atoms with Gasteiger partial charge in [-0.25, -0.2) is 4.79 Å². The van der Waals surface area contributed by atoms with E-state index in [2.05, 4.69) is 5.32 Å². The number of fused-ring (bicyclic) bond motifs is 1. The summed E-state index contributed by atoms with van der Waals surface area (Å²) in [5, 5.41) is 2.71. The Morgan fingerprint density at radius 2 is 2.04 bits per heavy atom. The number of benzene rings is 2. The van der Waals surface area contributed by atoms with Crippen molar-refractivity contribution in [2.24, 2.45) is 0 Å². The van der Waals surface area contributed by atoms with Crippen molar-refractivity contribution in [2.75, 3.05) is 20.3 Å². The standard InChI is InChI=1S/C19H19NO5/c1-23-16-5-3-2-4-15(16)11-20-18(21)12-25-19(22)14-6-7-17-13(10-14)8-9-24-17/h2-7,10H,8-9,11-12H2,1H3,(H,20,21). The van der Waals surface area contributed by atoms with E-state index >= 15 is 0 Å². The van der Waals surface area contributed by atoms with Gasteiger partial charge in [-0.2, -0.15) is 0 Å². The van der Waals surface area contributed by atoms with Crippen LogP contribution in [-0.4, -0.2) is 32.2 Å². The van der Waals surface area contributed by atoms with E-state index in [0.29, 0.717) is 24.5 Å². The third-order valence-electron chi connectivity index (χ3n) is 3.93. The van der Waals surface area contributed by atoms with Crippen molar-refractivity contribution in [1.82, 2.24) is 5.32 Å². The maximum Gasteiger partial charge on any atom is 0.338 e. The molecule has 6 nitrogen and oxygen atoms in total. The summed E-state index contributed by atoms with van der Waals surface area (Å²) in [6.07, 6.45) is 0.774. The van der Waals surface area contributed by atoms with Crippen molar-refractivity contribution >= 4 is 11.9 Å². The zero-order chi connectivity index (χ0) is 17.6. The summed E-state index contributed by atoms with van der Waals surface area (Å²) in [4.78, 5) is 24.0. The lowest BCUT2D eigenvalue weighted by Gasteiger charge is -2.10. The van der Waals surface area contributed by atoms with E-state index in [4.69, 9.17) is 14.2 Å². The van der Waals surface area contributed by atoms with Gasteiger partial charge in [0.05, 0.1) is 19.3 Å². The summed E-state index contributed by atoms with van der Waals surface area (Å²) in [7, 11) is 1.57. The van der Waals surface area contributed by atoms with Crippen molar-refractivity contribution in [3.8, 4) is 11.5 Å². The molecule has 0 unspecified atom stereocenters. The number of methoxy groups -OCH3 is 1. The van der Waals surface area contributed by atoms with E-state index in [0.717, 1.165) is 23.3 Å². The van der Waals surface area contributed by atoms with Crippen molar-refractivity contribution in [1.29, 1.82) is 0 Å². The van der Waals surface area contributed by atoms with Gasteiger partial charge < -0.3 is 19.5 Å². The second kappa shape index (κ2) is 7.70. The number of hydrogen-bond donors (Lipinski definition) is 1. The Kier molecular flexibility index (Phi) is 5.18. The molecule has 0 saturated carbocycles. The first-order chi connectivity index (χ1) is 12.2. The maximum atomic E-state index is 12.1. The molecular formula is C19H19NO5. The largest absolute Gasteiger partial charge is 0.496 e. The lowest BCUT2D eigenvalue weighted by atomic mass is 10.1. The molecule has 0 atom stereocenters. The van der Waals surface area contributed by atoms with E-state index in [-0.39, 0.29) is 12.5 Å². The normalized spacial score (nSPS) is 12.0. The third kappa shape index (κ3) is 4.09. The number of amides is 1. The molecule has 2 aromatic rings. The summed E-state index contributed by atoms with van der Waals surface area (Å²) in [6, 6.07) is 12.5. The molecule has 2 aromatic carbocycles. The van der Waals surface area contributed by atoms with Crippen LogP contribution in [0.5, 0.6) is 11.5 Å². The summed E-state index contributed by atoms with van der Waals surface area (Å²) in [6.45, 7) is 0.595. The summed E-state index contributed by atoms with van der Waals surface area (Å²) in [5.41, 5.74) is 2.25. The average molecular weight is 341 g/mol. The Morgan fingerprint density at radius 1 is 1.20 bits per heavy atom. The van der Waals surface area contributed by atoms with E-state index in [1.54, 1.807) is 25.3 Å². The first-order valence-corrected chi connectivity index (χ1v) is 7.99. The van der Waals surface area contributed by atoms with Crippen LogP contribution in [0.3, 0.4) is 0 Å². The molecule has 0 aromatic heterocycles. The van der Waals surface area contributed by atoms with Gasteiger partial charge in [0.15, 0.2) is 6.61 Å². The van der Waals surface area contributed by atoms with Gasteiger partial charge in [0.2, 0.25) is 0 Å². The molecule has 1 aliphatic rings. The van der Waals surface area contributed by atoms with Crippen molar-refractivity contribution in [3.63, 3.8) is 0 Å². The quantitative estimate of drug-likeness (QED) is 0.815. The highest BCUT2D eigenvalue weighted by Crippen LogP contribution is 2.26. The van der Waals surface area contributed by atoms with Gasteiger partial charge in [0, 0.05) is 18.5 Å². The van der Waals surface area contributed by atoms with E-state index < -0.39 is 5.97 Å². The SMILES string of the molecule is COc1ccccc1CNC(=O)COC(=O)c1ccc2c(c1)CCO2. The Labute approximate surface area is 145 Å². The van der Waals surface area contributed by atoms with Crippen LogP contribution in [0.15, 0.2) is 42.5 Å². The molecule has 0 spiro atoms. The zero-order valence-electron chi connectivity index (χ0n) is 13.9. The highest BCUT2D eigenvalue weighted by Gasteiger charge is 2.16. The topological polar surface area (TPSA) is 73.9 Å². The van der Waals surface area contributed by atoms with Crippen molar-refractivity contribution in [3.05, 3.63) is 59.2 Å². The van der Waals surface area contributed by atoms with Gasteiger partial charge in [0.25, 0.3) is 5.91 Å². The minimum Gasteiger partial charge on any atom is -0.496 e. The van der Waals surface area contributed by atoms with Crippen molar-refractivity contribution in [2.45, 2.75) is 13.0 Å². The van der Waals surface area contributed by atoms with Crippen LogP contribution in [0, 0.1) is 0 Å². The Bertz CT molecular complexity index is 787. The number of rotatable bonds is 6. The molecule has 6 heteroatoms. The Balaban J connectivity index is 1.49. The number of esters is 1. The number of para-hydroxylation sites is 1. The predicted octanol–water partition coefficient (Wildman–Crippen LogP) is 2.10. The Morgan fingerprint density at radius 3 is 2.88 bits per heavy atom. The summed E-state index contributed by atoms with van der Waals surface area (Å²) < 4.78 is 15.7.